The first-order chi connectivity index (χ1) is 13.5. The Labute approximate surface area is 159 Å². The predicted molar refractivity (Wildman–Crippen MR) is 95.2 cm³/mol. The molecule has 2 aromatic rings. The number of amides is 2. The van der Waals surface area contributed by atoms with Gasteiger partial charge in [-0.25, -0.2) is 23.5 Å². The highest BCUT2D eigenvalue weighted by Gasteiger charge is 2.38. The van der Waals surface area contributed by atoms with Gasteiger partial charge in [-0.05, 0) is 36.5 Å². The molecule has 4 rings (SSSR count). The second-order valence-corrected chi connectivity index (χ2v) is 7.02. The third-order valence-electron chi connectivity index (χ3n) is 5.03. The molecule has 3 heterocycles. The highest BCUT2D eigenvalue weighted by atomic mass is 19.1. The van der Waals surface area contributed by atoms with E-state index in [4.69, 9.17) is 4.74 Å². The van der Waals surface area contributed by atoms with E-state index in [2.05, 4.69) is 15.3 Å². The molecule has 0 aliphatic carbocycles. The number of cyclic esters (lactones) is 1. The Morgan fingerprint density at radius 1 is 1.18 bits per heavy atom. The molecule has 146 valence electrons. The van der Waals surface area contributed by atoms with Crippen LogP contribution in [0.25, 0.3) is 11.1 Å². The lowest BCUT2D eigenvalue weighted by molar-refractivity contribution is -0.117. The average Bonchev–Trinajstić information content (AvgIpc) is 3.02. The van der Waals surface area contributed by atoms with E-state index in [1.54, 1.807) is 4.90 Å². The van der Waals surface area contributed by atoms with E-state index >= 15 is 0 Å². The summed E-state index contributed by atoms with van der Waals surface area (Å²) in [5.74, 6) is -1.30. The second kappa shape index (κ2) is 7.49. The number of nitrogens with zero attached hydrogens (tertiary/aromatic N) is 3. The van der Waals surface area contributed by atoms with Gasteiger partial charge in [0.05, 0.1) is 6.04 Å². The molecule has 9 heteroatoms. The van der Waals surface area contributed by atoms with Gasteiger partial charge in [0.25, 0.3) is 0 Å². The molecule has 2 unspecified atom stereocenters. The summed E-state index contributed by atoms with van der Waals surface area (Å²) in [6.07, 6.45) is 4.29. The Morgan fingerprint density at radius 3 is 2.61 bits per heavy atom. The van der Waals surface area contributed by atoms with Crippen molar-refractivity contribution in [3.05, 3.63) is 42.2 Å². The molecule has 1 aromatic carbocycles. The molecule has 0 bridgehead atoms. The molecular formula is C19H18F2N4O3. The minimum Gasteiger partial charge on any atom is -0.447 e. The maximum absolute atomic E-state index is 13.3. The summed E-state index contributed by atoms with van der Waals surface area (Å²) in [4.78, 5) is 33.6. The van der Waals surface area contributed by atoms with Crippen molar-refractivity contribution in [2.75, 3.05) is 18.5 Å². The molecule has 28 heavy (non-hydrogen) atoms. The maximum Gasteiger partial charge on any atom is 0.410 e. The molecule has 2 fully saturated rings. The number of carbonyl (C=O) groups is 2. The highest BCUT2D eigenvalue weighted by Crippen LogP contribution is 2.29. The van der Waals surface area contributed by atoms with E-state index in [1.165, 1.54) is 24.5 Å². The number of fused-ring (bicyclic) bond motifs is 1. The minimum atomic E-state index is -0.687. The van der Waals surface area contributed by atoms with Gasteiger partial charge in [0.1, 0.15) is 18.2 Å². The largest absolute Gasteiger partial charge is 0.447 e. The Kier molecular flexibility index (Phi) is 4.89. The molecule has 1 aromatic heterocycles. The van der Waals surface area contributed by atoms with E-state index in [1.807, 2.05) is 0 Å². The van der Waals surface area contributed by atoms with Crippen LogP contribution in [0.1, 0.15) is 19.3 Å². The standard InChI is InChI=1S/C19H18F2N4O3/c20-14-5-12(6-15(21)7-14)13-8-22-18(23-9-13)24-17(26)4-11-1-2-25-16(3-11)10-28-19(25)27/h5-9,11,16H,1-4,10H2,(H,22,23,24,26). The Hall–Kier alpha value is -3.10. The number of piperidine rings is 1. The first-order valence-electron chi connectivity index (χ1n) is 8.99. The van der Waals surface area contributed by atoms with Crippen LogP contribution in [0, 0.1) is 17.6 Å². The van der Waals surface area contributed by atoms with Crippen molar-refractivity contribution < 1.29 is 23.1 Å². The summed E-state index contributed by atoms with van der Waals surface area (Å²) >= 11 is 0. The lowest BCUT2D eigenvalue weighted by Gasteiger charge is -2.31. The fourth-order valence-electron chi connectivity index (χ4n) is 3.67. The summed E-state index contributed by atoms with van der Waals surface area (Å²) in [5, 5.41) is 2.64. The first-order valence-corrected chi connectivity index (χ1v) is 8.99. The van der Waals surface area contributed by atoms with Crippen LogP contribution in [0.5, 0.6) is 0 Å². The SMILES string of the molecule is O=C(CC1CCN2C(=O)OCC2C1)Nc1ncc(-c2cc(F)cc(F)c2)cn1. The van der Waals surface area contributed by atoms with Crippen molar-refractivity contribution in [2.24, 2.45) is 5.92 Å². The van der Waals surface area contributed by atoms with Gasteiger partial charge in [-0.1, -0.05) is 0 Å². The second-order valence-electron chi connectivity index (χ2n) is 7.02. The van der Waals surface area contributed by atoms with Crippen molar-refractivity contribution in [1.82, 2.24) is 14.9 Å². The normalized spacial score (nSPS) is 21.2. The molecule has 2 saturated heterocycles. The number of hydrogen-bond donors (Lipinski definition) is 1. The predicted octanol–water partition coefficient (Wildman–Crippen LogP) is 2.98. The number of anilines is 1. The van der Waals surface area contributed by atoms with Crippen LogP contribution in [0.15, 0.2) is 30.6 Å². The number of rotatable bonds is 4. The van der Waals surface area contributed by atoms with Crippen molar-refractivity contribution in [3.8, 4) is 11.1 Å². The van der Waals surface area contributed by atoms with Gasteiger partial charge in [-0.3, -0.25) is 10.1 Å². The molecule has 2 atom stereocenters. The summed E-state index contributed by atoms with van der Waals surface area (Å²) in [6, 6.07) is 3.20. The zero-order valence-corrected chi connectivity index (χ0v) is 14.9. The van der Waals surface area contributed by atoms with E-state index in [9.17, 15) is 18.4 Å². The Bertz CT molecular complexity index is 886. The van der Waals surface area contributed by atoms with Gasteiger partial charge < -0.3 is 9.64 Å². The smallest absolute Gasteiger partial charge is 0.410 e. The summed E-state index contributed by atoms with van der Waals surface area (Å²) in [5.41, 5.74) is 0.755. The number of nitrogens with one attached hydrogen (secondary N) is 1. The first kappa shape index (κ1) is 18.3. The van der Waals surface area contributed by atoms with E-state index in [-0.39, 0.29) is 29.9 Å². The number of benzene rings is 1. The number of ether oxygens (including phenoxy) is 1. The Balaban J connectivity index is 1.34. The van der Waals surface area contributed by atoms with Crippen LogP contribution >= 0.6 is 0 Å². The van der Waals surface area contributed by atoms with Crippen LogP contribution in [-0.2, 0) is 9.53 Å². The quantitative estimate of drug-likeness (QED) is 0.871. The van der Waals surface area contributed by atoms with Gasteiger partial charge in [0.2, 0.25) is 11.9 Å². The van der Waals surface area contributed by atoms with Crippen molar-refractivity contribution in [2.45, 2.75) is 25.3 Å². The van der Waals surface area contributed by atoms with Crippen LogP contribution in [-0.4, -0.2) is 46.1 Å². The van der Waals surface area contributed by atoms with Crippen molar-refractivity contribution in [3.63, 3.8) is 0 Å². The molecule has 7 nitrogen and oxygen atoms in total. The highest BCUT2D eigenvalue weighted by molar-refractivity contribution is 5.89. The lowest BCUT2D eigenvalue weighted by atomic mass is 9.89. The third kappa shape index (κ3) is 3.92. The molecule has 0 radical (unpaired) electrons. The number of halogens is 2. The summed E-state index contributed by atoms with van der Waals surface area (Å²) < 4.78 is 31.7. The van der Waals surface area contributed by atoms with E-state index in [0.29, 0.717) is 30.7 Å². The van der Waals surface area contributed by atoms with Gasteiger partial charge in [-0.15, -0.1) is 0 Å². The van der Waals surface area contributed by atoms with E-state index < -0.39 is 11.6 Å². The Morgan fingerprint density at radius 2 is 1.89 bits per heavy atom. The fourth-order valence-corrected chi connectivity index (χ4v) is 3.67. The van der Waals surface area contributed by atoms with Gasteiger partial charge >= 0.3 is 6.09 Å². The van der Waals surface area contributed by atoms with Crippen LogP contribution in [0.2, 0.25) is 0 Å². The molecular weight excluding hydrogens is 370 g/mol. The monoisotopic (exact) mass is 388 g/mol. The topological polar surface area (TPSA) is 84.4 Å². The number of carbonyl (C=O) groups excluding carboxylic acids is 2. The molecule has 1 N–H and O–H groups in total. The summed E-state index contributed by atoms with van der Waals surface area (Å²) in [7, 11) is 0. The van der Waals surface area contributed by atoms with Gasteiger partial charge in [0, 0.05) is 37.0 Å². The molecule has 2 aliphatic heterocycles. The summed E-state index contributed by atoms with van der Waals surface area (Å²) in [6.45, 7) is 0.971. The zero-order valence-electron chi connectivity index (χ0n) is 14.9. The van der Waals surface area contributed by atoms with Crippen LogP contribution in [0.4, 0.5) is 19.5 Å². The molecule has 0 saturated carbocycles. The van der Waals surface area contributed by atoms with Gasteiger partial charge in [-0.2, -0.15) is 0 Å². The zero-order chi connectivity index (χ0) is 19.7. The van der Waals surface area contributed by atoms with Gasteiger partial charge in [0.15, 0.2) is 0 Å². The molecule has 2 amide bonds. The minimum absolute atomic E-state index is 0.0428. The lowest BCUT2D eigenvalue weighted by Crippen LogP contribution is -2.41. The number of aromatic nitrogens is 2. The average molecular weight is 388 g/mol. The van der Waals surface area contributed by atoms with Crippen LogP contribution < -0.4 is 5.32 Å². The third-order valence-corrected chi connectivity index (χ3v) is 5.03. The van der Waals surface area contributed by atoms with Crippen molar-refractivity contribution >= 4 is 17.9 Å². The molecule has 2 aliphatic rings. The van der Waals surface area contributed by atoms with Crippen molar-refractivity contribution in [1.29, 1.82) is 0 Å². The fraction of sp³-hybridized carbons (Fsp3) is 0.368. The maximum atomic E-state index is 13.3. The van der Waals surface area contributed by atoms with E-state index in [0.717, 1.165) is 18.9 Å². The van der Waals surface area contributed by atoms with Crippen LogP contribution in [0.3, 0.4) is 0 Å². The molecule has 0 spiro atoms. The number of hydrogen-bond acceptors (Lipinski definition) is 5.